The zero-order chi connectivity index (χ0) is 10.7. The van der Waals surface area contributed by atoms with E-state index < -0.39 is 0 Å². The minimum absolute atomic E-state index is 0.764. The van der Waals surface area contributed by atoms with E-state index in [1.807, 2.05) is 59.0 Å². The number of rotatable bonds is 0. The van der Waals surface area contributed by atoms with E-state index in [0.717, 1.165) is 11.4 Å². The number of anilines is 1. The molecule has 0 amide bonds. The number of aromatic amines is 1. The predicted octanol–water partition coefficient (Wildman–Crippen LogP) is 3.51. The summed E-state index contributed by atoms with van der Waals surface area (Å²) in [6.45, 7) is 9.96. The first-order chi connectivity index (χ1) is 6.22. The van der Waals surface area contributed by atoms with Crippen molar-refractivity contribution in [3.8, 4) is 0 Å². The molecule has 0 saturated carbocycles. The van der Waals surface area contributed by atoms with Gasteiger partial charge in [-0.25, -0.2) is 0 Å². The summed E-state index contributed by atoms with van der Waals surface area (Å²) in [6.07, 6.45) is 5.82. The molecular weight excluding hydrogens is 160 g/mol. The third-order valence-corrected chi connectivity index (χ3v) is 1.33. The van der Waals surface area contributed by atoms with Crippen LogP contribution >= 0.6 is 0 Å². The fourth-order valence-corrected chi connectivity index (χ4v) is 0.460. The van der Waals surface area contributed by atoms with Crippen molar-refractivity contribution in [3.63, 3.8) is 0 Å². The molecule has 76 valence electrons. The van der Waals surface area contributed by atoms with Gasteiger partial charge in [0, 0.05) is 6.20 Å². The quantitative estimate of drug-likeness (QED) is 0.592. The highest BCUT2D eigenvalue weighted by molar-refractivity contribution is 5.37. The number of allylic oxidation sites excluding steroid dienone is 2. The van der Waals surface area contributed by atoms with E-state index in [9.17, 15) is 0 Å². The number of nitrogen functional groups attached to an aromatic ring is 1. The molecule has 0 aliphatic rings. The van der Waals surface area contributed by atoms with E-state index in [-0.39, 0.29) is 0 Å². The molecule has 0 spiro atoms. The Bertz CT molecular complexity index is 191. The summed E-state index contributed by atoms with van der Waals surface area (Å²) in [7, 11) is 0. The van der Waals surface area contributed by atoms with Gasteiger partial charge in [-0.15, -0.1) is 0 Å². The zero-order valence-electron chi connectivity index (χ0n) is 9.39. The van der Waals surface area contributed by atoms with Crippen LogP contribution < -0.4 is 5.73 Å². The number of hydrogen-bond acceptors (Lipinski definition) is 1. The molecule has 1 aromatic heterocycles. The van der Waals surface area contributed by atoms with Gasteiger partial charge in [0.25, 0.3) is 0 Å². The molecular formula is C11H22N2. The van der Waals surface area contributed by atoms with Crippen LogP contribution in [0.2, 0.25) is 0 Å². The number of nitrogens with two attached hydrogens (primary N) is 1. The van der Waals surface area contributed by atoms with Gasteiger partial charge < -0.3 is 10.7 Å². The van der Waals surface area contributed by atoms with Crippen molar-refractivity contribution in [2.45, 2.75) is 34.6 Å². The molecule has 13 heavy (non-hydrogen) atoms. The molecule has 0 unspecified atom stereocenters. The Morgan fingerprint density at radius 1 is 1.23 bits per heavy atom. The predicted molar refractivity (Wildman–Crippen MR) is 61.8 cm³/mol. The second-order valence-corrected chi connectivity index (χ2v) is 2.24. The van der Waals surface area contributed by atoms with Crippen molar-refractivity contribution in [1.29, 1.82) is 0 Å². The van der Waals surface area contributed by atoms with Gasteiger partial charge in [-0.2, -0.15) is 0 Å². The second-order valence-electron chi connectivity index (χ2n) is 2.24. The lowest BCUT2D eigenvalue weighted by atomic mass is 10.4. The van der Waals surface area contributed by atoms with Gasteiger partial charge in [0.2, 0.25) is 0 Å². The van der Waals surface area contributed by atoms with Crippen LogP contribution in [0.25, 0.3) is 0 Å². The molecule has 2 heteroatoms. The summed E-state index contributed by atoms with van der Waals surface area (Å²) in [4.78, 5) is 2.85. The minimum Gasteiger partial charge on any atom is -0.385 e. The van der Waals surface area contributed by atoms with Crippen LogP contribution in [0.4, 0.5) is 5.82 Å². The summed E-state index contributed by atoms with van der Waals surface area (Å²) in [6, 6.07) is 1.94. The number of nitrogens with one attached hydrogen (secondary N) is 1. The van der Waals surface area contributed by atoms with Crippen LogP contribution in [0, 0.1) is 6.92 Å². The van der Waals surface area contributed by atoms with Crippen molar-refractivity contribution in [3.05, 3.63) is 30.0 Å². The molecule has 1 heterocycles. The number of H-pyrrole nitrogens is 1. The molecule has 0 aliphatic heterocycles. The highest BCUT2D eigenvalue weighted by Crippen LogP contribution is 2.03. The highest BCUT2D eigenvalue weighted by Gasteiger charge is 1.86. The van der Waals surface area contributed by atoms with E-state index in [4.69, 9.17) is 5.73 Å². The van der Waals surface area contributed by atoms with Crippen LogP contribution in [0.15, 0.2) is 24.4 Å². The van der Waals surface area contributed by atoms with E-state index in [1.165, 1.54) is 0 Å². The highest BCUT2D eigenvalue weighted by atomic mass is 14.8. The molecule has 0 aliphatic carbocycles. The Labute approximate surface area is 81.9 Å². The van der Waals surface area contributed by atoms with Gasteiger partial charge in [0.05, 0.1) is 0 Å². The maximum Gasteiger partial charge on any atom is 0.103 e. The maximum atomic E-state index is 5.38. The van der Waals surface area contributed by atoms with E-state index in [1.54, 1.807) is 0 Å². The summed E-state index contributed by atoms with van der Waals surface area (Å²) in [5, 5.41) is 0. The molecule has 0 aromatic carbocycles. The first-order valence-corrected chi connectivity index (χ1v) is 4.69. The SMILES string of the molecule is C/C=C\C.CC.Cc1cc[nH]c1N. The summed E-state index contributed by atoms with van der Waals surface area (Å²) in [5.74, 6) is 0.764. The zero-order valence-corrected chi connectivity index (χ0v) is 9.39. The molecule has 3 N–H and O–H groups in total. The van der Waals surface area contributed by atoms with Gasteiger partial charge in [0.1, 0.15) is 5.82 Å². The van der Waals surface area contributed by atoms with Crippen LogP contribution in [-0.2, 0) is 0 Å². The van der Waals surface area contributed by atoms with E-state index in [0.29, 0.717) is 0 Å². The van der Waals surface area contributed by atoms with Gasteiger partial charge in [-0.05, 0) is 32.4 Å². The average molecular weight is 182 g/mol. The molecule has 0 bridgehead atoms. The van der Waals surface area contributed by atoms with Gasteiger partial charge in [-0.3, -0.25) is 0 Å². The number of hydrogen-bond donors (Lipinski definition) is 2. The van der Waals surface area contributed by atoms with E-state index >= 15 is 0 Å². The standard InChI is InChI=1S/C5H8N2.C4H8.C2H6/c1-4-2-3-7-5(4)6;1-3-4-2;1-2/h2-3,7H,6H2,1H3;3-4H,1-2H3;1-2H3/b;4-3-;. The molecule has 0 radical (unpaired) electrons. The van der Waals surface area contributed by atoms with Crippen molar-refractivity contribution in [2.24, 2.45) is 0 Å². The molecule has 1 aromatic rings. The van der Waals surface area contributed by atoms with Crippen LogP contribution in [-0.4, -0.2) is 4.98 Å². The molecule has 0 atom stereocenters. The van der Waals surface area contributed by atoms with Crippen LogP contribution in [0.3, 0.4) is 0 Å². The maximum absolute atomic E-state index is 5.38. The fraction of sp³-hybridized carbons (Fsp3) is 0.455. The lowest BCUT2D eigenvalue weighted by Gasteiger charge is -1.82. The van der Waals surface area contributed by atoms with Crippen LogP contribution in [0.5, 0.6) is 0 Å². The van der Waals surface area contributed by atoms with Crippen LogP contribution in [0.1, 0.15) is 33.3 Å². The normalized spacial score (nSPS) is 8.38. The van der Waals surface area contributed by atoms with Crippen molar-refractivity contribution in [2.75, 3.05) is 5.73 Å². The molecule has 0 fully saturated rings. The first-order valence-electron chi connectivity index (χ1n) is 4.69. The molecule has 1 rings (SSSR count). The van der Waals surface area contributed by atoms with Gasteiger partial charge >= 0.3 is 0 Å². The average Bonchev–Trinajstić information content (AvgIpc) is 2.55. The Morgan fingerprint density at radius 2 is 1.69 bits per heavy atom. The van der Waals surface area contributed by atoms with Crippen molar-refractivity contribution in [1.82, 2.24) is 4.98 Å². The Kier molecular flexibility index (Phi) is 11.9. The monoisotopic (exact) mass is 182 g/mol. The minimum atomic E-state index is 0.764. The largest absolute Gasteiger partial charge is 0.385 e. The third kappa shape index (κ3) is 8.73. The lowest BCUT2D eigenvalue weighted by Crippen LogP contribution is -1.84. The summed E-state index contributed by atoms with van der Waals surface area (Å²) in [5.41, 5.74) is 6.50. The molecule has 2 nitrogen and oxygen atoms in total. The number of aryl methyl sites for hydroxylation is 1. The lowest BCUT2D eigenvalue weighted by molar-refractivity contribution is 1.39. The molecule has 0 saturated heterocycles. The van der Waals surface area contributed by atoms with Crippen molar-refractivity contribution >= 4 is 5.82 Å². The summed E-state index contributed by atoms with van der Waals surface area (Å²) < 4.78 is 0. The Hall–Kier alpha value is -1.18. The van der Waals surface area contributed by atoms with Gasteiger partial charge in [-0.1, -0.05) is 26.0 Å². The van der Waals surface area contributed by atoms with Gasteiger partial charge in [0.15, 0.2) is 0 Å². The first kappa shape index (κ1) is 14.3. The smallest absolute Gasteiger partial charge is 0.103 e. The summed E-state index contributed by atoms with van der Waals surface area (Å²) >= 11 is 0. The van der Waals surface area contributed by atoms with E-state index in [2.05, 4.69) is 4.98 Å². The second kappa shape index (κ2) is 10.8. The number of aromatic nitrogens is 1. The third-order valence-electron chi connectivity index (χ3n) is 1.33. The van der Waals surface area contributed by atoms with Crippen molar-refractivity contribution < 1.29 is 0 Å². The Morgan fingerprint density at radius 3 is 1.77 bits per heavy atom. The Balaban J connectivity index is 0. The topological polar surface area (TPSA) is 41.8 Å². The fourth-order valence-electron chi connectivity index (χ4n) is 0.460.